The van der Waals surface area contributed by atoms with Crippen molar-refractivity contribution in [3.05, 3.63) is 59.9 Å². The predicted octanol–water partition coefficient (Wildman–Crippen LogP) is 3.12. The number of nitrogens with zero attached hydrogens (tertiary/aromatic N) is 1. The van der Waals surface area contributed by atoms with E-state index < -0.39 is 0 Å². The van der Waals surface area contributed by atoms with Crippen molar-refractivity contribution in [1.29, 1.82) is 0 Å². The number of hydrogen-bond donors (Lipinski definition) is 3. The Kier molecular flexibility index (Phi) is 3.39. The topological polar surface area (TPSA) is 60.9 Å². The van der Waals surface area contributed by atoms with Gasteiger partial charge in [0.05, 0.1) is 17.1 Å². The third-order valence-electron chi connectivity index (χ3n) is 3.34. The minimum absolute atomic E-state index is 0.116. The van der Waals surface area contributed by atoms with Gasteiger partial charge in [-0.3, -0.25) is 0 Å². The summed E-state index contributed by atoms with van der Waals surface area (Å²) in [6.45, 7) is 2.76. The first kappa shape index (κ1) is 12.7. The third kappa shape index (κ3) is 2.65. The van der Waals surface area contributed by atoms with Gasteiger partial charge < -0.3 is 15.4 Å². The van der Waals surface area contributed by atoms with Gasteiger partial charge in [0, 0.05) is 6.54 Å². The van der Waals surface area contributed by atoms with Crippen molar-refractivity contribution >= 4 is 11.0 Å². The molecule has 102 valence electrons. The molecule has 1 aromatic heterocycles. The number of aromatic nitrogens is 2. The molecule has 20 heavy (non-hydrogen) atoms. The van der Waals surface area contributed by atoms with E-state index in [9.17, 15) is 5.11 Å². The second kappa shape index (κ2) is 5.35. The zero-order chi connectivity index (χ0) is 13.9. The maximum Gasteiger partial charge on any atom is 0.124 e. The highest BCUT2D eigenvalue weighted by molar-refractivity contribution is 5.74. The first-order chi connectivity index (χ1) is 9.72. The third-order valence-corrected chi connectivity index (χ3v) is 3.34. The minimum atomic E-state index is 0.116. The lowest BCUT2D eigenvalue weighted by atomic mass is 10.2. The molecule has 0 aliphatic heterocycles. The van der Waals surface area contributed by atoms with E-state index in [2.05, 4.69) is 22.2 Å². The highest BCUT2D eigenvalue weighted by Gasteiger charge is 2.10. The molecule has 3 aromatic rings. The first-order valence-electron chi connectivity index (χ1n) is 6.68. The molecule has 0 bridgehead atoms. The smallest absolute Gasteiger partial charge is 0.124 e. The molecule has 0 saturated carbocycles. The fourth-order valence-electron chi connectivity index (χ4n) is 2.21. The van der Waals surface area contributed by atoms with Crippen LogP contribution in [0, 0.1) is 0 Å². The molecule has 0 fully saturated rings. The van der Waals surface area contributed by atoms with Crippen LogP contribution in [0.3, 0.4) is 0 Å². The Bertz CT molecular complexity index is 687. The summed E-state index contributed by atoms with van der Waals surface area (Å²) >= 11 is 0. The van der Waals surface area contributed by atoms with Crippen LogP contribution in [0.15, 0.2) is 48.5 Å². The number of aromatic amines is 1. The van der Waals surface area contributed by atoms with E-state index in [-0.39, 0.29) is 6.04 Å². The van der Waals surface area contributed by atoms with Crippen LogP contribution in [0.5, 0.6) is 5.75 Å². The zero-order valence-corrected chi connectivity index (χ0v) is 11.3. The number of H-pyrrole nitrogens is 1. The van der Waals surface area contributed by atoms with Gasteiger partial charge in [-0.2, -0.15) is 0 Å². The standard InChI is InChI=1S/C16H17N3O/c1-11(17-10-12-5-4-6-13(20)9-12)16-18-14-7-2-3-8-15(14)19-16/h2-9,11,17,20H,10H2,1H3,(H,18,19). The summed E-state index contributed by atoms with van der Waals surface area (Å²) in [5.74, 6) is 1.21. The molecular weight excluding hydrogens is 250 g/mol. The van der Waals surface area contributed by atoms with E-state index in [1.54, 1.807) is 12.1 Å². The van der Waals surface area contributed by atoms with Gasteiger partial charge in [0.25, 0.3) is 0 Å². The second-order valence-electron chi connectivity index (χ2n) is 4.91. The lowest BCUT2D eigenvalue weighted by Crippen LogP contribution is -2.19. The molecule has 1 atom stereocenters. The Balaban J connectivity index is 1.71. The average molecular weight is 267 g/mol. The van der Waals surface area contributed by atoms with E-state index >= 15 is 0 Å². The molecule has 2 aromatic carbocycles. The number of phenolic OH excluding ortho intramolecular Hbond substituents is 1. The number of benzene rings is 2. The zero-order valence-electron chi connectivity index (χ0n) is 11.3. The summed E-state index contributed by atoms with van der Waals surface area (Å²) in [5, 5.41) is 12.8. The van der Waals surface area contributed by atoms with E-state index in [0.717, 1.165) is 22.4 Å². The molecule has 3 N–H and O–H groups in total. The lowest BCUT2D eigenvalue weighted by molar-refractivity contribution is 0.473. The summed E-state index contributed by atoms with van der Waals surface area (Å²) in [6.07, 6.45) is 0. The van der Waals surface area contributed by atoms with E-state index in [1.807, 2.05) is 36.4 Å². The Labute approximate surface area is 117 Å². The predicted molar refractivity (Wildman–Crippen MR) is 79.5 cm³/mol. The van der Waals surface area contributed by atoms with Gasteiger partial charge in [0.15, 0.2) is 0 Å². The van der Waals surface area contributed by atoms with Crippen molar-refractivity contribution in [1.82, 2.24) is 15.3 Å². The Morgan fingerprint density at radius 3 is 2.85 bits per heavy atom. The Morgan fingerprint density at radius 2 is 2.05 bits per heavy atom. The van der Waals surface area contributed by atoms with Crippen LogP contribution >= 0.6 is 0 Å². The molecular formula is C16H17N3O. The molecule has 0 aliphatic carbocycles. The van der Waals surface area contributed by atoms with Gasteiger partial charge in [-0.15, -0.1) is 0 Å². The number of aromatic hydroxyl groups is 1. The normalized spacial score (nSPS) is 12.7. The fraction of sp³-hybridized carbons (Fsp3) is 0.188. The van der Waals surface area contributed by atoms with Crippen LogP contribution in [-0.4, -0.2) is 15.1 Å². The van der Waals surface area contributed by atoms with Gasteiger partial charge in [-0.05, 0) is 36.8 Å². The van der Waals surface area contributed by atoms with E-state index in [4.69, 9.17) is 0 Å². The molecule has 3 rings (SSSR count). The fourth-order valence-corrected chi connectivity index (χ4v) is 2.21. The first-order valence-corrected chi connectivity index (χ1v) is 6.68. The van der Waals surface area contributed by atoms with Gasteiger partial charge >= 0.3 is 0 Å². The van der Waals surface area contributed by atoms with Crippen molar-refractivity contribution < 1.29 is 5.11 Å². The summed E-state index contributed by atoms with van der Waals surface area (Å²) in [5.41, 5.74) is 3.08. The van der Waals surface area contributed by atoms with Crippen LogP contribution < -0.4 is 5.32 Å². The average Bonchev–Trinajstić information content (AvgIpc) is 2.89. The van der Waals surface area contributed by atoms with Crippen LogP contribution in [0.4, 0.5) is 0 Å². The van der Waals surface area contributed by atoms with Crippen molar-refractivity contribution in [2.75, 3.05) is 0 Å². The van der Waals surface area contributed by atoms with E-state index in [1.165, 1.54) is 0 Å². The van der Waals surface area contributed by atoms with E-state index in [0.29, 0.717) is 12.3 Å². The second-order valence-corrected chi connectivity index (χ2v) is 4.91. The van der Waals surface area contributed by atoms with Gasteiger partial charge in [-0.1, -0.05) is 24.3 Å². The van der Waals surface area contributed by atoms with Crippen molar-refractivity contribution in [2.45, 2.75) is 19.5 Å². The highest BCUT2D eigenvalue weighted by Crippen LogP contribution is 2.16. The lowest BCUT2D eigenvalue weighted by Gasteiger charge is -2.11. The van der Waals surface area contributed by atoms with Gasteiger partial charge in [-0.25, -0.2) is 4.98 Å². The number of nitrogens with one attached hydrogen (secondary N) is 2. The van der Waals surface area contributed by atoms with Crippen molar-refractivity contribution in [3.63, 3.8) is 0 Å². The summed E-state index contributed by atoms with van der Waals surface area (Å²) in [4.78, 5) is 7.90. The largest absolute Gasteiger partial charge is 0.508 e. The highest BCUT2D eigenvalue weighted by atomic mass is 16.3. The molecule has 4 nitrogen and oxygen atoms in total. The van der Waals surface area contributed by atoms with Crippen LogP contribution in [0.2, 0.25) is 0 Å². The molecule has 0 aliphatic rings. The summed E-state index contributed by atoms with van der Waals surface area (Å²) in [6, 6.07) is 15.4. The van der Waals surface area contributed by atoms with Crippen LogP contribution in [-0.2, 0) is 6.54 Å². The van der Waals surface area contributed by atoms with Crippen molar-refractivity contribution in [2.24, 2.45) is 0 Å². The number of fused-ring (bicyclic) bond motifs is 1. The molecule has 1 heterocycles. The molecule has 0 amide bonds. The Morgan fingerprint density at radius 1 is 1.20 bits per heavy atom. The molecule has 0 saturated heterocycles. The summed E-state index contributed by atoms with van der Waals surface area (Å²) in [7, 11) is 0. The number of hydrogen-bond acceptors (Lipinski definition) is 3. The number of imidazole rings is 1. The minimum Gasteiger partial charge on any atom is -0.508 e. The van der Waals surface area contributed by atoms with Crippen LogP contribution in [0.1, 0.15) is 24.4 Å². The van der Waals surface area contributed by atoms with Gasteiger partial charge in [0.2, 0.25) is 0 Å². The van der Waals surface area contributed by atoms with Crippen LogP contribution in [0.25, 0.3) is 11.0 Å². The molecule has 0 spiro atoms. The quantitative estimate of drug-likeness (QED) is 0.680. The van der Waals surface area contributed by atoms with Gasteiger partial charge in [0.1, 0.15) is 11.6 Å². The maximum atomic E-state index is 9.44. The molecule has 1 unspecified atom stereocenters. The number of rotatable bonds is 4. The number of para-hydroxylation sites is 2. The Hall–Kier alpha value is -2.33. The SMILES string of the molecule is CC(NCc1cccc(O)c1)c1nc2ccccc2[nH]1. The number of phenols is 1. The maximum absolute atomic E-state index is 9.44. The molecule has 4 heteroatoms. The summed E-state index contributed by atoms with van der Waals surface area (Å²) < 4.78 is 0. The monoisotopic (exact) mass is 267 g/mol. The molecule has 0 radical (unpaired) electrons. The van der Waals surface area contributed by atoms with Crippen molar-refractivity contribution in [3.8, 4) is 5.75 Å².